The fraction of sp³-hybridized carbons (Fsp3) is 0.640. The lowest BCUT2D eigenvalue weighted by Crippen LogP contribution is -2.43. The number of rotatable bonds is 5. The molecular formula is C25H35NO6. The van der Waals surface area contributed by atoms with E-state index in [2.05, 4.69) is 31.3 Å². The summed E-state index contributed by atoms with van der Waals surface area (Å²) < 4.78 is 0. The summed E-state index contributed by atoms with van der Waals surface area (Å²) in [6.07, 6.45) is 7.85. The average Bonchev–Trinajstić information content (AvgIpc) is 2.98. The van der Waals surface area contributed by atoms with E-state index < -0.39 is 41.6 Å². The first-order chi connectivity index (χ1) is 14.9. The third-order valence-electron chi connectivity index (χ3n) is 7.68. The first kappa shape index (κ1) is 24.2. The van der Waals surface area contributed by atoms with Gasteiger partial charge in [-0.25, -0.2) is 4.79 Å². The van der Waals surface area contributed by atoms with Gasteiger partial charge in [0.15, 0.2) is 11.4 Å². The number of amides is 1. The van der Waals surface area contributed by atoms with Crippen molar-refractivity contribution in [2.24, 2.45) is 35.5 Å². The molecule has 3 rings (SSSR count). The molecule has 8 unspecified atom stereocenters. The minimum absolute atomic E-state index is 0.0883. The molecule has 4 N–H and O–H groups in total. The molecule has 0 radical (unpaired) electrons. The number of ketones is 1. The molecule has 7 heteroatoms. The molecule has 3 aliphatic rings. The normalized spacial score (nSPS) is 38.7. The summed E-state index contributed by atoms with van der Waals surface area (Å²) in [6, 6.07) is -1.19. The number of carbonyl (C=O) groups excluding carboxylic acids is 2. The molecule has 32 heavy (non-hydrogen) atoms. The average molecular weight is 446 g/mol. The van der Waals surface area contributed by atoms with Crippen molar-refractivity contribution in [3.05, 3.63) is 35.1 Å². The third kappa shape index (κ3) is 4.27. The van der Waals surface area contributed by atoms with E-state index in [9.17, 15) is 29.7 Å². The Balaban J connectivity index is 2.04. The fourth-order valence-electron chi connectivity index (χ4n) is 5.98. The van der Waals surface area contributed by atoms with E-state index >= 15 is 0 Å². The summed E-state index contributed by atoms with van der Waals surface area (Å²) in [5.74, 6) is -2.39. The van der Waals surface area contributed by atoms with Crippen LogP contribution in [0.4, 0.5) is 0 Å². The number of aliphatic hydroxyl groups is 2. The maximum absolute atomic E-state index is 13.1. The molecule has 2 fully saturated rings. The molecule has 0 aromatic heterocycles. The van der Waals surface area contributed by atoms with Crippen LogP contribution < -0.4 is 5.32 Å². The van der Waals surface area contributed by atoms with Crippen LogP contribution in [-0.2, 0) is 14.4 Å². The van der Waals surface area contributed by atoms with Gasteiger partial charge in [-0.1, -0.05) is 37.6 Å². The number of Topliss-reactive ketones (excluding diaryl/α,β-unsaturated/α-hetero) is 1. The van der Waals surface area contributed by atoms with Gasteiger partial charge < -0.3 is 20.6 Å². The highest BCUT2D eigenvalue weighted by Gasteiger charge is 2.49. The minimum Gasteiger partial charge on any atom is -0.511 e. The smallest absolute Gasteiger partial charge is 0.335 e. The van der Waals surface area contributed by atoms with E-state index in [1.807, 2.05) is 19.9 Å². The molecule has 1 heterocycles. The van der Waals surface area contributed by atoms with Crippen molar-refractivity contribution in [2.45, 2.75) is 65.5 Å². The van der Waals surface area contributed by atoms with Gasteiger partial charge in [0, 0.05) is 18.3 Å². The Bertz CT molecular complexity index is 898. The van der Waals surface area contributed by atoms with Gasteiger partial charge in [-0.3, -0.25) is 9.59 Å². The van der Waals surface area contributed by atoms with Crippen molar-refractivity contribution >= 4 is 17.7 Å². The number of hydrogen-bond donors (Lipinski definition) is 4. The Labute approximate surface area is 189 Å². The van der Waals surface area contributed by atoms with Crippen LogP contribution in [0.3, 0.4) is 0 Å². The standard InChI is InChI=1S/C25H35NO6/c1-6-13(3)16-8-7-15-10-12(2)9-14(4)18(15)19(16)22(28)20-21(27)17(26-23(20)29)11-25(5,32)24(30)31/h6-8,12,14-19,28,32H,9-11H2,1-5H3,(H,26,29)(H,30,31)/b13-6+,22-20-. The molecule has 1 amide bonds. The zero-order valence-corrected chi connectivity index (χ0v) is 19.5. The molecule has 1 saturated heterocycles. The van der Waals surface area contributed by atoms with Gasteiger partial charge in [-0.2, -0.15) is 0 Å². The molecular weight excluding hydrogens is 410 g/mol. The van der Waals surface area contributed by atoms with Crippen LogP contribution >= 0.6 is 0 Å². The van der Waals surface area contributed by atoms with Crippen LogP contribution in [0.2, 0.25) is 0 Å². The van der Waals surface area contributed by atoms with Gasteiger partial charge in [0.1, 0.15) is 11.3 Å². The Morgan fingerprint density at radius 2 is 1.88 bits per heavy atom. The first-order valence-electron chi connectivity index (χ1n) is 11.4. The highest BCUT2D eigenvalue weighted by molar-refractivity contribution is 6.27. The first-order valence-corrected chi connectivity index (χ1v) is 11.4. The molecule has 8 atom stereocenters. The number of nitrogens with one attached hydrogen (secondary N) is 1. The Morgan fingerprint density at radius 1 is 1.22 bits per heavy atom. The zero-order chi connectivity index (χ0) is 24.0. The lowest BCUT2D eigenvalue weighted by atomic mass is 9.57. The molecule has 1 saturated carbocycles. The highest BCUT2D eigenvalue weighted by atomic mass is 16.4. The van der Waals surface area contributed by atoms with Crippen molar-refractivity contribution in [1.82, 2.24) is 5.32 Å². The van der Waals surface area contributed by atoms with Crippen molar-refractivity contribution in [1.29, 1.82) is 0 Å². The molecule has 176 valence electrons. The molecule has 0 bridgehead atoms. The molecule has 0 spiro atoms. The number of allylic oxidation sites excluding steroid dienone is 5. The monoisotopic (exact) mass is 445 g/mol. The lowest BCUT2D eigenvalue weighted by molar-refractivity contribution is -0.158. The minimum atomic E-state index is -2.17. The summed E-state index contributed by atoms with van der Waals surface area (Å²) in [4.78, 5) is 37.1. The maximum Gasteiger partial charge on any atom is 0.335 e. The topological polar surface area (TPSA) is 124 Å². The van der Waals surface area contributed by atoms with Crippen molar-refractivity contribution in [2.75, 3.05) is 0 Å². The summed E-state index contributed by atoms with van der Waals surface area (Å²) in [6.45, 7) is 9.40. The van der Waals surface area contributed by atoms with E-state index in [1.165, 1.54) is 0 Å². The zero-order valence-electron chi connectivity index (χ0n) is 19.5. The van der Waals surface area contributed by atoms with E-state index in [4.69, 9.17) is 0 Å². The number of carboxylic acids is 1. The van der Waals surface area contributed by atoms with E-state index in [0.717, 1.165) is 25.3 Å². The molecule has 0 aromatic rings. The summed E-state index contributed by atoms with van der Waals surface area (Å²) in [7, 11) is 0. The van der Waals surface area contributed by atoms with Crippen LogP contribution in [0.5, 0.6) is 0 Å². The predicted octanol–water partition coefficient (Wildman–Crippen LogP) is 3.16. The Morgan fingerprint density at radius 3 is 2.47 bits per heavy atom. The highest BCUT2D eigenvalue weighted by Crippen LogP contribution is 2.51. The van der Waals surface area contributed by atoms with Crippen molar-refractivity contribution < 1.29 is 29.7 Å². The number of carbonyl (C=O) groups is 3. The van der Waals surface area contributed by atoms with Gasteiger partial charge in [0.2, 0.25) is 0 Å². The largest absolute Gasteiger partial charge is 0.511 e. The molecule has 0 aromatic carbocycles. The van der Waals surface area contributed by atoms with Crippen molar-refractivity contribution in [3.63, 3.8) is 0 Å². The molecule has 2 aliphatic carbocycles. The SMILES string of the molecule is C/C=C(\C)C1C=CC2CC(C)CC(C)C2C1/C(O)=C1/C(=O)NC(CC(C)(O)C(=O)O)C1=O. The second kappa shape index (κ2) is 8.85. The van der Waals surface area contributed by atoms with Crippen LogP contribution in [0.15, 0.2) is 35.1 Å². The molecule has 7 nitrogen and oxygen atoms in total. The number of aliphatic hydroxyl groups excluding tert-OH is 1. The lowest BCUT2D eigenvalue weighted by Gasteiger charge is -2.47. The quantitative estimate of drug-likeness (QED) is 0.223. The summed E-state index contributed by atoms with van der Waals surface area (Å²) in [5, 5.41) is 33.2. The van der Waals surface area contributed by atoms with E-state index in [1.54, 1.807) is 0 Å². The fourth-order valence-corrected chi connectivity index (χ4v) is 5.98. The number of carboxylic acid groups (broad SMARTS) is 1. The van der Waals surface area contributed by atoms with Gasteiger partial charge in [-0.15, -0.1) is 0 Å². The van der Waals surface area contributed by atoms with Gasteiger partial charge >= 0.3 is 5.97 Å². The number of hydrogen-bond acceptors (Lipinski definition) is 5. The van der Waals surface area contributed by atoms with Gasteiger partial charge in [0.25, 0.3) is 5.91 Å². The third-order valence-corrected chi connectivity index (χ3v) is 7.68. The van der Waals surface area contributed by atoms with Crippen LogP contribution in [0, 0.1) is 35.5 Å². The van der Waals surface area contributed by atoms with Crippen LogP contribution in [-0.4, -0.2) is 44.6 Å². The second-order valence-corrected chi connectivity index (χ2v) is 10.2. The molecule has 1 aliphatic heterocycles. The van der Waals surface area contributed by atoms with E-state index in [-0.39, 0.29) is 29.1 Å². The van der Waals surface area contributed by atoms with Gasteiger partial charge in [-0.05, 0) is 57.3 Å². The van der Waals surface area contributed by atoms with E-state index in [0.29, 0.717) is 11.8 Å². The Hall–Kier alpha value is -2.41. The van der Waals surface area contributed by atoms with Crippen LogP contribution in [0.25, 0.3) is 0 Å². The predicted molar refractivity (Wildman–Crippen MR) is 120 cm³/mol. The number of fused-ring (bicyclic) bond motifs is 1. The summed E-state index contributed by atoms with van der Waals surface area (Å²) >= 11 is 0. The van der Waals surface area contributed by atoms with Gasteiger partial charge in [0.05, 0.1) is 6.04 Å². The maximum atomic E-state index is 13.1. The van der Waals surface area contributed by atoms with Crippen molar-refractivity contribution in [3.8, 4) is 0 Å². The summed E-state index contributed by atoms with van der Waals surface area (Å²) in [5.41, 5.74) is -1.41. The second-order valence-electron chi connectivity index (χ2n) is 10.2. The Kier molecular flexibility index (Phi) is 6.70. The number of aliphatic carboxylic acids is 1. The van der Waals surface area contributed by atoms with Crippen LogP contribution in [0.1, 0.15) is 53.9 Å².